The molecule has 0 bridgehead atoms. The fourth-order valence-electron chi connectivity index (χ4n) is 6.41. The van der Waals surface area contributed by atoms with Gasteiger partial charge >= 0.3 is 5.97 Å². The molecule has 16 nitrogen and oxygen atoms in total. The number of carbonyl (C=O) groups is 3. The molecule has 300 valence electrons. The van der Waals surface area contributed by atoms with Crippen LogP contribution < -0.4 is 26.7 Å². The van der Waals surface area contributed by atoms with Crippen molar-refractivity contribution in [3.63, 3.8) is 0 Å². The van der Waals surface area contributed by atoms with Gasteiger partial charge in [0.25, 0.3) is 22.9 Å². The number of halogens is 4. The first-order valence-corrected chi connectivity index (χ1v) is 18.9. The maximum absolute atomic E-state index is 13.3. The molecule has 4 heterocycles. The zero-order chi connectivity index (χ0) is 42.3. The third-order valence-corrected chi connectivity index (χ3v) is 10.6. The van der Waals surface area contributed by atoms with Gasteiger partial charge in [-0.25, -0.2) is 9.97 Å². The van der Waals surface area contributed by atoms with Crippen molar-refractivity contribution in [3.8, 4) is 11.5 Å². The molecule has 0 spiro atoms. The van der Waals surface area contributed by atoms with Crippen LogP contribution in [0.3, 0.4) is 0 Å². The first-order chi connectivity index (χ1) is 28.2. The van der Waals surface area contributed by atoms with Gasteiger partial charge in [-0.15, -0.1) is 0 Å². The summed E-state index contributed by atoms with van der Waals surface area (Å²) in [5, 5.41) is 11.1. The number of hydrogen-bond donors (Lipinski definition) is 3. The molecule has 0 fully saturated rings. The Morgan fingerprint density at radius 3 is 1.80 bits per heavy atom. The van der Waals surface area contributed by atoms with Crippen LogP contribution in [0, 0.1) is 0 Å². The topological polar surface area (TPSA) is 224 Å². The van der Waals surface area contributed by atoms with Gasteiger partial charge in [-0.1, -0.05) is 58.5 Å². The minimum atomic E-state index is -0.808. The first kappa shape index (κ1) is 41.0. The molecule has 0 saturated heterocycles. The molecule has 0 aliphatic carbocycles. The molecule has 7 aromatic rings. The zero-order valence-electron chi connectivity index (χ0n) is 30.2. The van der Waals surface area contributed by atoms with Crippen molar-refractivity contribution >= 4 is 97.0 Å². The Kier molecular flexibility index (Phi) is 11.5. The maximum Gasteiger partial charge on any atom is 0.313 e. The molecule has 2 amide bonds. The highest BCUT2D eigenvalue weighted by Crippen LogP contribution is 2.43. The number of aromatic nitrogens is 5. The number of phenolic OH excluding ortho intramolecular Hbond substituents is 1. The summed E-state index contributed by atoms with van der Waals surface area (Å²) < 4.78 is 11.5. The largest absolute Gasteiger partial charge is 0.505 e. The second-order valence-corrected chi connectivity index (χ2v) is 14.4. The summed E-state index contributed by atoms with van der Waals surface area (Å²) in [5.41, 5.74) is -2.67. The lowest BCUT2D eigenvalue weighted by atomic mass is 10.0. The number of esters is 1. The maximum atomic E-state index is 13.3. The van der Waals surface area contributed by atoms with E-state index in [-0.39, 0.29) is 75.1 Å². The number of benzene rings is 4. The smallest absolute Gasteiger partial charge is 0.313 e. The number of aromatic amines is 2. The van der Waals surface area contributed by atoms with E-state index >= 15 is 0 Å². The number of rotatable bonds is 9. The van der Waals surface area contributed by atoms with Gasteiger partial charge in [0.2, 0.25) is 10.9 Å². The van der Waals surface area contributed by atoms with E-state index in [0.29, 0.717) is 27.8 Å². The SMILES string of the molecule is CCOCCC(=O)Oc1c2c(c(O)c3nccnc13)C(=O)N(Cc1ccc(Cl)c(Cl)c1)C2=O.O=c1c2[nH]cc[nH]c2c(=O)c2c(=O)n(Cc3ccc(Cl)c(Cl)c3)c(=O)c12. The minimum Gasteiger partial charge on any atom is -0.505 e. The highest BCUT2D eigenvalue weighted by molar-refractivity contribution is 6.42. The number of hydrogen-bond acceptors (Lipinski definition) is 12. The van der Waals surface area contributed by atoms with E-state index in [0.717, 1.165) is 9.47 Å². The molecule has 3 aromatic heterocycles. The van der Waals surface area contributed by atoms with Crippen molar-refractivity contribution in [1.82, 2.24) is 29.4 Å². The van der Waals surface area contributed by atoms with Gasteiger partial charge in [0.1, 0.15) is 44.0 Å². The predicted molar refractivity (Wildman–Crippen MR) is 219 cm³/mol. The molecule has 3 N–H and O–H groups in total. The van der Waals surface area contributed by atoms with Gasteiger partial charge in [-0.05, 0) is 42.3 Å². The van der Waals surface area contributed by atoms with Crippen LogP contribution in [0.4, 0.5) is 0 Å². The van der Waals surface area contributed by atoms with E-state index in [1.165, 1.54) is 43.0 Å². The van der Waals surface area contributed by atoms with Gasteiger partial charge in [0.05, 0.1) is 46.2 Å². The van der Waals surface area contributed by atoms with E-state index in [1.54, 1.807) is 25.1 Å². The highest BCUT2D eigenvalue weighted by Gasteiger charge is 2.43. The molecule has 1 aliphatic rings. The van der Waals surface area contributed by atoms with Gasteiger partial charge in [-0.3, -0.25) is 43.0 Å². The summed E-state index contributed by atoms with van der Waals surface area (Å²) in [4.78, 5) is 104. The number of carbonyl (C=O) groups excluding carboxylic acids is 3. The highest BCUT2D eigenvalue weighted by atomic mass is 35.5. The van der Waals surface area contributed by atoms with Crippen LogP contribution in [0.5, 0.6) is 11.5 Å². The summed E-state index contributed by atoms with van der Waals surface area (Å²) in [6, 6.07) is 9.34. The number of amides is 2. The van der Waals surface area contributed by atoms with Crippen molar-refractivity contribution in [1.29, 1.82) is 0 Å². The zero-order valence-corrected chi connectivity index (χ0v) is 33.3. The average molecular weight is 880 g/mol. The summed E-state index contributed by atoms with van der Waals surface area (Å²) in [6.07, 6.45) is 5.39. The van der Waals surface area contributed by atoms with E-state index in [2.05, 4.69) is 19.9 Å². The Labute approximate surface area is 349 Å². The number of fused-ring (bicyclic) bond motifs is 4. The number of imide groups is 1. The van der Waals surface area contributed by atoms with Gasteiger partial charge < -0.3 is 24.5 Å². The molecule has 4 aromatic carbocycles. The van der Waals surface area contributed by atoms with Crippen molar-refractivity contribution in [2.24, 2.45) is 0 Å². The Hall–Kier alpha value is -6.17. The van der Waals surface area contributed by atoms with Gasteiger partial charge in [0, 0.05) is 31.4 Å². The number of aromatic hydroxyl groups is 1. The fraction of sp³-hybridized carbons (Fsp3) is 0.154. The molecule has 0 unspecified atom stereocenters. The van der Waals surface area contributed by atoms with Gasteiger partial charge in [0.15, 0.2) is 11.5 Å². The number of nitrogens with one attached hydrogen (secondary N) is 2. The van der Waals surface area contributed by atoms with E-state index < -0.39 is 56.3 Å². The van der Waals surface area contributed by atoms with Gasteiger partial charge in [-0.2, -0.15) is 0 Å². The molecule has 20 heteroatoms. The molecular formula is C39H26Cl4N6O10. The summed E-state index contributed by atoms with van der Waals surface area (Å²) >= 11 is 23.8. The Bertz CT molecular complexity index is 3050. The van der Waals surface area contributed by atoms with E-state index in [4.69, 9.17) is 55.9 Å². The molecule has 1 aliphatic heterocycles. The van der Waals surface area contributed by atoms with Crippen LogP contribution in [0.2, 0.25) is 20.1 Å². The number of nitrogens with zero attached hydrogens (tertiary/aromatic N) is 4. The van der Waals surface area contributed by atoms with Crippen LogP contribution in [-0.4, -0.2) is 65.5 Å². The second kappa shape index (κ2) is 16.6. The molecule has 8 rings (SSSR count). The first-order valence-electron chi connectivity index (χ1n) is 17.4. The Morgan fingerprint density at radius 1 is 0.729 bits per heavy atom. The molecule has 0 atom stereocenters. The Balaban J connectivity index is 0.000000184. The summed E-state index contributed by atoms with van der Waals surface area (Å²) in [6.45, 7) is 2.06. The lowest BCUT2D eigenvalue weighted by Crippen LogP contribution is -2.29. The van der Waals surface area contributed by atoms with Crippen molar-refractivity contribution in [2.45, 2.75) is 26.4 Å². The number of phenols is 1. The summed E-state index contributed by atoms with van der Waals surface area (Å²) in [5.74, 6) is -2.96. The molecule has 0 saturated carbocycles. The lowest BCUT2D eigenvalue weighted by Gasteiger charge is -2.14. The van der Waals surface area contributed by atoms with Crippen molar-refractivity contribution in [2.75, 3.05) is 13.2 Å². The Morgan fingerprint density at radius 2 is 1.25 bits per heavy atom. The lowest BCUT2D eigenvalue weighted by molar-refractivity contribution is -0.135. The normalized spacial score (nSPS) is 12.3. The number of H-pyrrole nitrogens is 2. The van der Waals surface area contributed by atoms with Crippen LogP contribution in [-0.2, 0) is 22.6 Å². The standard InChI is InChI=1S/C22H17Cl2N3O6.C17H9Cl2N3O4/c1-2-32-8-5-14(28)33-20-16-15(19(29)17-18(20)26-7-6-25-17)21(30)27(22(16)31)10-11-3-4-12(23)13(24)9-11;18-8-2-1-7(5-9(8)19)6-22-16(25)10-11(17(22)26)15(24)13-12(14(10)23)20-3-4-21-13/h3-4,6-7,9,29H,2,5,8,10H2,1H3;1-5,20-21H,6H2. The van der Waals surface area contributed by atoms with E-state index in [1.807, 2.05) is 0 Å². The van der Waals surface area contributed by atoms with Crippen LogP contribution in [0.15, 0.2) is 80.4 Å². The van der Waals surface area contributed by atoms with E-state index in [9.17, 15) is 38.7 Å². The molecule has 59 heavy (non-hydrogen) atoms. The third kappa shape index (κ3) is 7.52. The third-order valence-electron chi connectivity index (χ3n) is 9.15. The summed E-state index contributed by atoms with van der Waals surface area (Å²) in [7, 11) is 0. The average Bonchev–Trinajstić information content (AvgIpc) is 3.62. The molecule has 0 radical (unpaired) electrons. The number of ether oxygens (including phenoxy) is 2. The monoisotopic (exact) mass is 878 g/mol. The fourth-order valence-corrected chi connectivity index (χ4v) is 7.05. The van der Waals surface area contributed by atoms with Crippen molar-refractivity contribution < 1.29 is 29.0 Å². The van der Waals surface area contributed by atoms with Crippen LogP contribution in [0.1, 0.15) is 45.2 Å². The second-order valence-electron chi connectivity index (χ2n) is 12.8. The van der Waals surface area contributed by atoms with Crippen LogP contribution >= 0.6 is 46.4 Å². The molecular weight excluding hydrogens is 854 g/mol. The quantitative estimate of drug-likeness (QED) is 0.0712. The van der Waals surface area contributed by atoms with Crippen LogP contribution in [0.25, 0.3) is 32.8 Å². The van der Waals surface area contributed by atoms with Crippen molar-refractivity contribution in [3.05, 3.63) is 145 Å². The minimum absolute atomic E-state index is 0.0175. The predicted octanol–water partition coefficient (Wildman–Crippen LogP) is 5.45.